The molecule has 0 radical (unpaired) electrons. The topological polar surface area (TPSA) is 64.2 Å². The molecule has 2 aliphatic heterocycles. The van der Waals surface area contributed by atoms with Crippen LogP contribution < -0.4 is 0 Å². The van der Waals surface area contributed by atoms with Crippen molar-refractivity contribution >= 4 is 29.5 Å². The van der Waals surface area contributed by atoms with Gasteiger partial charge in [0.1, 0.15) is 18.2 Å². The van der Waals surface area contributed by atoms with E-state index in [0.29, 0.717) is 15.6 Å². The maximum absolute atomic E-state index is 10.2. The average molecular weight is 405 g/mol. The molecule has 8 heteroatoms. The predicted octanol–water partition coefficient (Wildman–Crippen LogP) is 3.89. The van der Waals surface area contributed by atoms with E-state index in [1.165, 1.54) is 28.6 Å². The molecular weight excluding hydrogens is 387 g/mol. The molecule has 3 aromatic rings. The van der Waals surface area contributed by atoms with Crippen LogP contribution in [0.4, 0.5) is 0 Å². The number of rotatable bonds is 1. The van der Waals surface area contributed by atoms with Crippen LogP contribution in [0.3, 0.4) is 0 Å². The maximum Gasteiger partial charge on any atom is 0.150 e. The molecule has 0 amide bonds. The highest BCUT2D eigenvalue weighted by Crippen LogP contribution is 2.34. The number of halogens is 2. The van der Waals surface area contributed by atoms with Crippen LogP contribution in [-0.2, 0) is 25.9 Å². The fourth-order valence-electron chi connectivity index (χ4n) is 3.43. The second-order valence-electron chi connectivity index (χ2n) is 6.71. The molecule has 0 fully saturated rings. The van der Waals surface area contributed by atoms with Crippen LogP contribution in [0.1, 0.15) is 27.2 Å². The predicted molar refractivity (Wildman–Crippen MR) is 103 cm³/mol. The Labute approximate surface area is 166 Å². The van der Waals surface area contributed by atoms with Crippen molar-refractivity contribution < 1.29 is 9.32 Å². The van der Waals surface area contributed by atoms with Gasteiger partial charge in [-0.2, -0.15) is 5.10 Å². The van der Waals surface area contributed by atoms with E-state index < -0.39 is 0 Å². The highest BCUT2D eigenvalue weighted by atomic mass is 35.5. The first-order chi connectivity index (χ1) is 13.1. The van der Waals surface area contributed by atoms with E-state index in [-0.39, 0.29) is 0 Å². The van der Waals surface area contributed by atoms with Gasteiger partial charge in [0.2, 0.25) is 0 Å². The van der Waals surface area contributed by atoms with Crippen molar-refractivity contribution in [1.29, 1.82) is 0 Å². The summed E-state index contributed by atoms with van der Waals surface area (Å²) in [5.74, 6) is 0. The Morgan fingerprint density at radius 3 is 2.81 bits per heavy atom. The van der Waals surface area contributed by atoms with Crippen LogP contribution in [0.2, 0.25) is 10.0 Å². The Kier molecular flexibility index (Phi) is 5.04. The van der Waals surface area contributed by atoms with E-state index in [2.05, 4.69) is 21.8 Å². The number of aromatic nitrogens is 3. The standard InChI is InChI=1S/C12H14N4O.C7H4Cl2O/c1-15-4-3-10-9(6-15)12-11-8(7-17-14-11)2-5-16(12)13-10;8-6-2-1-5(4-10)3-7(6)9/h7H,2-6H2,1H3;1-4H. The Morgan fingerprint density at radius 2 is 2.04 bits per heavy atom. The molecule has 0 saturated heterocycles. The average Bonchev–Trinajstić information content (AvgIpc) is 3.28. The molecule has 0 N–H and O–H groups in total. The van der Waals surface area contributed by atoms with Crippen LogP contribution in [0, 0.1) is 0 Å². The number of carbonyl (C=O) groups excluding carboxylic acids is 1. The van der Waals surface area contributed by atoms with Crippen molar-refractivity contribution in [2.45, 2.75) is 25.9 Å². The van der Waals surface area contributed by atoms with Gasteiger partial charge in [0.15, 0.2) is 0 Å². The van der Waals surface area contributed by atoms with Crippen molar-refractivity contribution in [3.8, 4) is 11.4 Å². The Hall–Kier alpha value is -2.15. The molecule has 27 heavy (non-hydrogen) atoms. The van der Waals surface area contributed by atoms with Crippen LogP contribution in [0.5, 0.6) is 0 Å². The number of benzene rings is 1. The summed E-state index contributed by atoms with van der Waals surface area (Å²) in [6.45, 7) is 3.01. The van der Waals surface area contributed by atoms with E-state index in [4.69, 9.17) is 32.8 Å². The largest absolute Gasteiger partial charge is 0.364 e. The number of carbonyl (C=O) groups is 1. The van der Waals surface area contributed by atoms with Crippen molar-refractivity contribution in [3.63, 3.8) is 0 Å². The molecule has 6 nitrogen and oxygen atoms in total. The van der Waals surface area contributed by atoms with Gasteiger partial charge >= 0.3 is 0 Å². The molecule has 4 heterocycles. The summed E-state index contributed by atoms with van der Waals surface area (Å²) in [5.41, 5.74) is 6.52. The van der Waals surface area contributed by atoms with Crippen molar-refractivity contribution in [2.24, 2.45) is 0 Å². The second kappa shape index (κ2) is 7.46. The minimum Gasteiger partial charge on any atom is -0.364 e. The zero-order valence-electron chi connectivity index (χ0n) is 14.8. The summed E-state index contributed by atoms with van der Waals surface area (Å²) in [7, 11) is 2.15. The molecule has 5 rings (SSSR count). The lowest BCUT2D eigenvalue weighted by molar-refractivity contribution is 0.112. The quantitative estimate of drug-likeness (QED) is 0.575. The van der Waals surface area contributed by atoms with E-state index >= 15 is 0 Å². The molecule has 2 aliphatic rings. The van der Waals surface area contributed by atoms with Gasteiger partial charge in [-0.05, 0) is 25.6 Å². The number of likely N-dealkylation sites (N-methyl/N-ethyl adjacent to an activating group) is 1. The molecular formula is C19H18Cl2N4O2. The molecule has 1 aromatic carbocycles. The lowest BCUT2D eigenvalue weighted by Gasteiger charge is -2.22. The Balaban J connectivity index is 0.000000155. The molecule has 0 spiro atoms. The molecule has 0 saturated carbocycles. The first-order valence-electron chi connectivity index (χ1n) is 8.67. The summed E-state index contributed by atoms with van der Waals surface area (Å²) in [4.78, 5) is 12.5. The fraction of sp³-hybridized carbons (Fsp3) is 0.316. The van der Waals surface area contributed by atoms with Gasteiger partial charge in [0, 0.05) is 42.7 Å². The van der Waals surface area contributed by atoms with Crippen LogP contribution in [0.15, 0.2) is 29.0 Å². The molecule has 0 aliphatic carbocycles. The normalized spacial score (nSPS) is 15.2. The van der Waals surface area contributed by atoms with Gasteiger partial charge in [0.25, 0.3) is 0 Å². The van der Waals surface area contributed by atoms with Crippen molar-refractivity contribution in [3.05, 3.63) is 56.9 Å². The smallest absolute Gasteiger partial charge is 0.150 e. The van der Waals surface area contributed by atoms with Gasteiger partial charge in [-0.25, -0.2) is 0 Å². The third-order valence-electron chi connectivity index (χ3n) is 4.83. The minimum absolute atomic E-state index is 0.409. The number of hydrogen-bond donors (Lipinski definition) is 0. The van der Waals surface area contributed by atoms with Crippen LogP contribution in [0.25, 0.3) is 11.4 Å². The number of nitrogens with zero attached hydrogens (tertiary/aromatic N) is 4. The highest BCUT2D eigenvalue weighted by Gasteiger charge is 2.29. The Morgan fingerprint density at radius 1 is 1.19 bits per heavy atom. The first-order valence-corrected chi connectivity index (χ1v) is 9.43. The van der Waals surface area contributed by atoms with E-state index in [1.807, 2.05) is 0 Å². The van der Waals surface area contributed by atoms with E-state index in [9.17, 15) is 4.79 Å². The Bertz CT molecular complexity index is 996. The SMILES string of the molecule is CN1CCc2nn3c(c2C1)-c1nocc1CC3.O=Cc1ccc(Cl)c(Cl)c1. The maximum atomic E-state index is 10.2. The van der Waals surface area contributed by atoms with Gasteiger partial charge in [-0.15, -0.1) is 0 Å². The van der Waals surface area contributed by atoms with E-state index in [1.54, 1.807) is 18.4 Å². The summed E-state index contributed by atoms with van der Waals surface area (Å²) < 4.78 is 7.21. The monoisotopic (exact) mass is 404 g/mol. The molecule has 0 atom stereocenters. The van der Waals surface area contributed by atoms with Gasteiger partial charge in [-0.3, -0.25) is 9.48 Å². The number of aryl methyl sites for hydroxylation is 2. The van der Waals surface area contributed by atoms with Gasteiger partial charge in [0.05, 0.1) is 21.4 Å². The molecule has 0 bridgehead atoms. The first kappa shape index (κ1) is 18.2. The third kappa shape index (κ3) is 3.52. The number of aldehydes is 1. The summed E-state index contributed by atoms with van der Waals surface area (Å²) in [6, 6.07) is 4.73. The molecule has 2 aromatic heterocycles. The van der Waals surface area contributed by atoms with Crippen molar-refractivity contribution in [2.75, 3.05) is 13.6 Å². The van der Waals surface area contributed by atoms with Crippen LogP contribution in [-0.4, -0.2) is 39.7 Å². The lowest BCUT2D eigenvalue weighted by Crippen LogP contribution is -2.26. The number of fused-ring (bicyclic) bond motifs is 5. The summed E-state index contributed by atoms with van der Waals surface area (Å²) >= 11 is 11.2. The van der Waals surface area contributed by atoms with E-state index in [0.717, 1.165) is 44.5 Å². The molecule has 0 unspecified atom stereocenters. The highest BCUT2D eigenvalue weighted by molar-refractivity contribution is 6.42. The van der Waals surface area contributed by atoms with Crippen molar-refractivity contribution in [1.82, 2.24) is 19.8 Å². The zero-order valence-corrected chi connectivity index (χ0v) is 16.3. The van der Waals surface area contributed by atoms with Crippen LogP contribution >= 0.6 is 23.2 Å². The van der Waals surface area contributed by atoms with Gasteiger partial charge in [-0.1, -0.05) is 34.4 Å². The number of hydrogen-bond acceptors (Lipinski definition) is 5. The second-order valence-corrected chi connectivity index (χ2v) is 7.53. The molecule has 140 valence electrons. The summed E-state index contributed by atoms with van der Waals surface area (Å²) in [5, 5.41) is 9.74. The fourth-order valence-corrected chi connectivity index (χ4v) is 3.74. The zero-order chi connectivity index (χ0) is 19.0. The van der Waals surface area contributed by atoms with Gasteiger partial charge < -0.3 is 9.42 Å². The summed E-state index contributed by atoms with van der Waals surface area (Å²) in [6.07, 6.45) is 4.51. The lowest BCUT2D eigenvalue weighted by atomic mass is 10.00. The third-order valence-corrected chi connectivity index (χ3v) is 5.57. The minimum atomic E-state index is 0.409.